The molecule has 0 heterocycles. The average molecular weight is 254 g/mol. The van der Waals surface area contributed by atoms with E-state index in [9.17, 15) is 19.7 Å². The van der Waals surface area contributed by atoms with E-state index in [1.54, 1.807) is 0 Å². The summed E-state index contributed by atoms with van der Waals surface area (Å²) in [5.74, 6) is -2.16. The molecule has 0 bridgehead atoms. The molecule has 0 saturated heterocycles. The summed E-state index contributed by atoms with van der Waals surface area (Å²) < 4.78 is 0. The number of aliphatic hydroxyl groups excluding tert-OH is 1. The first kappa shape index (κ1) is 13.6. The number of benzene rings is 1. The largest absolute Gasteiger partial charge is 0.479 e. The fourth-order valence-corrected chi connectivity index (χ4v) is 1.14. The SMILES string of the molecule is O=C(NC[C@H](O)C(=O)O)c1cccc([N+](=O)[O-])c1. The lowest BCUT2D eigenvalue weighted by atomic mass is 10.2. The Kier molecular flexibility index (Phi) is 4.33. The number of carboxylic acids is 1. The summed E-state index contributed by atoms with van der Waals surface area (Å²) in [7, 11) is 0. The van der Waals surface area contributed by atoms with E-state index >= 15 is 0 Å². The number of aliphatic hydroxyl groups is 1. The van der Waals surface area contributed by atoms with E-state index in [2.05, 4.69) is 5.32 Å². The van der Waals surface area contributed by atoms with Gasteiger partial charge < -0.3 is 15.5 Å². The van der Waals surface area contributed by atoms with Gasteiger partial charge in [0.15, 0.2) is 6.10 Å². The van der Waals surface area contributed by atoms with Crippen LogP contribution in [0.5, 0.6) is 0 Å². The molecule has 1 aromatic rings. The molecule has 0 spiro atoms. The first-order chi connectivity index (χ1) is 8.41. The van der Waals surface area contributed by atoms with Crippen LogP contribution in [0, 0.1) is 10.1 Å². The van der Waals surface area contributed by atoms with Crippen LogP contribution in [0.25, 0.3) is 0 Å². The number of amides is 1. The summed E-state index contributed by atoms with van der Waals surface area (Å²) in [6.45, 7) is -0.475. The van der Waals surface area contributed by atoms with Crippen LogP contribution in [-0.2, 0) is 4.79 Å². The molecular weight excluding hydrogens is 244 g/mol. The third-order valence-corrected chi connectivity index (χ3v) is 2.06. The molecule has 0 aromatic heterocycles. The maximum atomic E-state index is 11.5. The van der Waals surface area contributed by atoms with Gasteiger partial charge >= 0.3 is 5.97 Å². The minimum atomic E-state index is -1.72. The van der Waals surface area contributed by atoms with Gasteiger partial charge in [0, 0.05) is 17.7 Å². The van der Waals surface area contributed by atoms with Gasteiger partial charge in [0.1, 0.15) is 0 Å². The van der Waals surface area contributed by atoms with E-state index in [4.69, 9.17) is 10.2 Å². The molecular formula is C10H10N2O6. The molecule has 0 aliphatic rings. The van der Waals surface area contributed by atoms with Crippen molar-refractivity contribution in [1.29, 1.82) is 0 Å². The first-order valence-electron chi connectivity index (χ1n) is 4.85. The van der Waals surface area contributed by atoms with Crippen molar-refractivity contribution >= 4 is 17.6 Å². The third kappa shape index (κ3) is 3.52. The lowest BCUT2D eigenvalue weighted by Crippen LogP contribution is -2.36. The summed E-state index contributed by atoms with van der Waals surface area (Å²) in [5.41, 5.74) is -0.233. The van der Waals surface area contributed by atoms with Gasteiger partial charge in [0.25, 0.3) is 11.6 Å². The molecule has 96 valence electrons. The summed E-state index contributed by atoms with van der Waals surface area (Å²) >= 11 is 0. The smallest absolute Gasteiger partial charge is 0.334 e. The Bertz CT molecular complexity index is 487. The van der Waals surface area contributed by atoms with Crippen LogP contribution in [0.3, 0.4) is 0 Å². The van der Waals surface area contributed by atoms with Gasteiger partial charge in [0.2, 0.25) is 0 Å². The van der Waals surface area contributed by atoms with Crippen LogP contribution < -0.4 is 5.32 Å². The minimum absolute atomic E-state index is 0.0155. The third-order valence-electron chi connectivity index (χ3n) is 2.06. The Morgan fingerprint density at radius 3 is 2.67 bits per heavy atom. The van der Waals surface area contributed by atoms with Gasteiger partial charge in [-0.1, -0.05) is 6.07 Å². The molecule has 0 saturated carbocycles. The van der Waals surface area contributed by atoms with Crippen molar-refractivity contribution < 1.29 is 24.7 Å². The average Bonchev–Trinajstić information content (AvgIpc) is 2.35. The Hall–Kier alpha value is -2.48. The quantitative estimate of drug-likeness (QED) is 0.491. The number of carbonyl (C=O) groups is 2. The van der Waals surface area contributed by atoms with Crippen molar-refractivity contribution in [2.24, 2.45) is 0 Å². The molecule has 0 aliphatic heterocycles. The summed E-state index contributed by atoms with van der Waals surface area (Å²) in [4.78, 5) is 31.6. The number of nitro benzene ring substituents is 1. The monoisotopic (exact) mass is 254 g/mol. The first-order valence-corrected chi connectivity index (χ1v) is 4.85. The van der Waals surface area contributed by atoms with Crippen molar-refractivity contribution in [1.82, 2.24) is 5.32 Å². The van der Waals surface area contributed by atoms with Gasteiger partial charge in [0.05, 0.1) is 11.5 Å². The molecule has 0 aliphatic carbocycles. The number of nitrogens with one attached hydrogen (secondary N) is 1. The zero-order valence-electron chi connectivity index (χ0n) is 9.07. The van der Waals surface area contributed by atoms with Crippen molar-refractivity contribution in [2.45, 2.75) is 6.10 Å². The summed E-state index contributed by atoms with van der Waals surface area (Å²) in [6, 6.07) is 4.96. The van der Waals surface area contributed by atoms with E-state index in [0.29, 0.717) is 0 Å². The number of hydrogen-bond acceptors (Lipinski definition) is 5. The van der Waals surface area contributed by atoms with Gasteiger partial charge in [-0.15, -0.1) is 0 Å². The van der Waals surface area contributed by atoms with E-state index < -0.39 is 29.4 Å². The molecule has 1 atom stereocenters. The van der Waals surface area contributed by atoms with Crippen LogP contribution in [-0.4, -0.2) is 39.7 Å². The van der Waals surface area contributed by atoms with Gasteiger partial charge in [-0.25, -0.2) is 4.79 Å². The van der Waals surface area contributed by atoms with Crippen molar-refractivity contribution in [3.05, 3.63) is 39.9 Å². The fraction of sp³-hybridized carbons (Fsp3) is 0.200. The Balaban J connectivity index is 2.70. The standard InChI is InChI=1S/C10H10N2O6/c13-8(10(15)16)5-11-9(14)6-2-1-3-7(4-6)12(17)18/h1-4,8,13H,5H2,(H,11,14)(H,15,16)/t8-/m0/s1. The zero-order chi connectivity index (χ0) is 13.7. The normalized spacial score (nSPS) is 11.6. The predicted molar refractivity (Wildman–Crippen MR) is 59.1 cm³/mol. The lowest BCUT2D eigenvalue weighted by Gasteiger charge is -2.07. The van der Waals surface area contributed by atoms with Crippen molar-refractivity contribution in [3.63, 3.8) is 0 Å². The van der Waals surface area contributed by atoms with Crippen molar-refractivity contribution in [2.75, 3.05) is 6.54 Å². The molecule has 3 N–H and O–H groups in total. The molecule has 18 heavy (non-hydrogen) atoms. The Labute approximate surface area is 101 Å². The highest BCUT2D eigenvalue weighted by Crippen LogP contribution is 2.12. The second-order valence-corrected chi connectivity index (χ2v) is 3.37. The number of nitrogens with zero attached hydrogens (tertiary/aromatic N) is 1. The second-order valence-electron chi connectivity index (χ2n) is 3.37. The summed E-state index contributed by atoms with van der Waals surface area (Å²) in [5, 5.41) is 30.0. The molecule has 1 rings (SSSR count). The number of carbonyl (C=O) groups excluding carboxylic acids is 1. The number of rotatable bonds is 5. The minimum Gasteiger partial charge on any atom is -0.479 e. The van der Waals surface area contributed by atoms with Crippen LogP contribution in [0.15, 0.2) is 24.3 Å². The van der Waals surface area contributed by atoms with Crippen LogP contribution >= 0.6 is 0 Å². The van der Waals surface area contributed by atoms with E-state index in [0.717, 1.165) is 6.07 Å². The maximum Gasteiger partial charge on any atom is 0.334 e. The molecule has 0 radical (unpaired) electrons. The molecule has 1 aromatic carbocycles. The van der Waals surface area contributed by atoms with Crippen LogP contribution in [0.1, 0.15) is 10.4 Å². The zero-order valence-corrected chi connectivity index (χ0v) is 9.07. The molecule has 0 fully saturated rings. The number of aliphatic carboxylic acids is 1. The fourth-order valence-electron chi connectivity index (χ4n) is 1.14. The molecule has 1 amide bonds. The van der Waals surface area contributed by atoms with E-state index in [-0.39, 0.29) is 11.3 Å². The molecule has 8 nitrogen and oxygen atoms in total. The predicted octanol–water partition coefficient (Wildman–Crippen LogP) is -0.230. The van der Waals surface area contributed by atoms with Gasteiger partial charge in [-0.2, -0.15) is 0 Å². The number of non-ortho nitro benzene ring substituents is 1. The topological polar surface area (TPSA) is 130 Å². The van der Waals surface area contributed by atoms with Crippen molar-refractivity contribution in [3.8, 4) is 0 Å². The number of carboxylic acid groups (broad SMARTS) is 1. The highest BCUT2D eigenvalue weighted by atomic mass is 16.6. The van der Waals surface area contributed by atoms with Crippen LogP contribution in [0.4, 0.5) is 5.69 Å². The van der Waals surface area contributed by atoms with E-state index in [1.165, 1.54) is 18.2 Å². The summed E-state index contributed by atoms with van der Waals surface area (Å²) in [6.07, 6.45) is -1.72. The van der Waals surface area contributed by atoms with Crippen LogP contribution in [0.2, 0.25) is 0 Å². The number of hydrogen-bond donors (Lipinski definition) is 3. The highest BCUT2D eigenvalue weighted by Gasteiger charge is 2.16. The lowest BCUT2D eigenvalue weighted by molar-refractivity contribution is -0.384. The van der Waals surface area contributed by atoms with Gasteiger partial charge in [-0.05, 0) is 6.07 Å². The Morgan fingerprint density at radius 2 is 2.11 bits per heavy atom. The number of nitro groups is 1. The maximum absolute atomic E-state index is 11.5. The second kappa shape index (κ2) is 5.73. The Morgan fingerprint density at radius 1 is 1.44 bits per heavy atom. The van der Waals surface area contributed by atoms with Gasteiger partial charge in [-0.3, -0.25) is 14.9 Å². The molecule has 0 unspecified atom stereocenters. The highest BCUT2D eigenvalue weighted by molar-refractivity contribution is 5.95. The van der Waals surface area contributed by atoms with E-state index in [1.807, 2.05) is 0 Å². The molecule has 8 heteroatoms.